The van der Waals surface area contributed by atoms with E-state index < -0.39 is 6.67 Å². The number of nitrogens with zero attached hydrogens (tertiary/aromatic N) is 1. The highest BCUT2D eigenvalue weighted by atomic mass is 79.9. The molecule has 0 saturated carbocycles. The molecule has 0 spiro atoms. The topological polar surface area (TPSA) is 60.3 Å². The molecule has 1 unspecified atom stereocenters. The van der Waals surface area contributed by atoms with Gasteiger partial charge in [-0.1, -0.05) is 32.1 Å². The second kappa shape index (κ2) is 16.5. The van der Waals surface area contributed by atoms with Crippen molar-refractivity contribution in [2.75, 3.05) is 19.8 Å². The largest absolute Gasteiger partial charge is 0.487 e. The van der Waals surface area contributed by atoms with E-state index >= 15 is 0 Å². The van der Waals surface area contributed by atoms with Crippen LogP contribution in [-0.4, -0.2) is 30.3 Å². The van der Waals surface area contributed by atoms with Gasteiger partial charge in [-0.15, -0.1) is 21.6 Å². The predicted molar refractivity (Wildman–Crippen MR) is 138 cm³/mol. The zero-order chi connectivity index (χ0) is 24.7. The van der Waals surface area contributed by atoms with Gasteiger partial charge in [-0.2, -0.15) is 0 Å². The number of carbonyl (C=O) groups excluding carboxylic acids is 1. The van der Waals surface area contributed by atoms with Crippen molar-refractivity contribution in [1.82, 2.24) is 9.88 Å². The number of carbonyl (C=O) groups is 1. The molecule has 0 saturated heterocycles. The normalized spacial score (nSPS) is 11.8. The number of amides is 1. The Kier molecular flexibility index (Phi) is 15.4. The molecule has 0 aliphatic rings. The van der Waals surface area contributed by atoms with Crippen LogP contribution < -0.4 is 15.6 Å². The van der Waals surface area contributed by atoms with Crippen LogP contribution in [0.15, 0.2) is 50.5 Å². The van der Waals surface area contributed by atoms with E-state index in [1.165, 1.54) is 12.2 Å². The molecule has 0 aromatic carbocycles. The summed E-state index contributed by atoms with van der Waals surface area (Å²) in [6, 6.07) is 1.76. The minimum absolute atomic E-state index is 0.183. The summed E-state index contributed by atoms with van der Waals surface area (Å²) in [5.41, 5.74) is 1.27. The summed E-state index contributed by atoms with van der Waals surface area (Å²) in [5, 5.41) is 3.72. The maximum absolute atomic E-state index is 12.7. The Hall–Kier alpha value is -2.16. The van der Waals surface area contributed by atoms with Gasteiger partial charge in [0.05, 0.1) is 0 Å². The van der Waals surface area contributed by atoms with E-state index in [2.05, 4.69) is 42.8 Å². The number of terminal acetylenes is 1. The Morgan fingerprint density at radius 3 is 2.56 bits per heavy atom. The number of alkyl halides is 1. The fraction of sp³-hybridized carbons (Fsp3) is 0.417. The molecule has 1 rings (SSSR count). The van der Waals surface area contributed by atoms with Crippen molar-refractivity contribution < 1.29 is 13.9 Å². The van der Waals surface area contributed by atoms with Crippen LogP contribution in [0, 0.1) is 25.2 Å². The minimum Gasteiger partial charge on any atom is -0.487 e. The van der Waals surface area contributed by atoms with Crippen molar-refractivity contribution in [3.05, 3.63) is 61.8 Å². The Morgan fingerprint density at radius 1 is 1.41 bits per heavy atom. The molecule has 1 N–H and O–H groups in total. The molecule has 32 heavy (non-hydrogen) atoms. The second-order valence-corrected chi connectivity index (χ2v) is 8.92. The van der Waals surface area contributed by atoms with Gasteiger partial charge in [-0.3, -0.25) is 9.59 Å². The maximum Gasteiger partial charge on any atom is 0.269 e. The number of allylic oxidation sites excluding steroid dienone is 3. The fourth-order valence-corrected chi connectivity index (χ4v) is 2.93. The quantitative estimate of drug-likeness (QED) is 0.203. The molecule has 8 heteroatoms. The van der Waals surface area contributed by atoms with E-state index in [0.29, 0.717) is 28.4 Å². The van der Waals surface area contributed by atoms with Gasteiger partial charge in [-0.25, -0.2) is 4.39 Å². The third-order valence-electron chi connectivity index (χ3n) is 3.95. The third kappa shape index (κ3) is 11.5. The molecule has 1 aromatic rings. The van der Waals surface area contributed by atoms with E-state index in [-0.39, 0.29) is 24.6 Å². The highest BCUT2D eigenvalue weighted by Crippen LogP contribution is 2.24. The van der Waals surface area contributed by atoms with Crippen LogP contribution in [0.1, 0.15) is 33.4 Å². The van der Waals surface area contributed by atoms with Crippen LogP contribution in [0.2, 0.25) is 0 Å². The van der Waals surface area contributed by atoms with Gasteiger partial charge >= 0.3 is 0 Å². The number of nitrogens with one attached hydrogen (secondary N) is 1. The molecule has 0 aliphatic heterocycles. The lowest BCUT2D eigenvalue weighted by Crippen LogP contribution is -2.26. The first kappa shape index (κ1) is 29.8. The molecule has 1 heterocycles. The first-order chi connectivity index (χ1) is 15.1. The number of hydrogen-bond donors (Lipinski definition) is 1. The van der Waals surface area contributed by atoms with Gasteiger partial charge < -0.3 is 14.6 Å². The first-order valence-electron chi connectivity index (χ1n) is 10.1. The van der Waals surface area contributed by atoms with Crippen LogP contribution >= 0.6 is 25.2 Å². The first-order valence-corrected chi connectivity index (χ1v) is 11.5. The molecular weight excluding hydrogens is 494 g/mol. The number of ether oxygens (including phenoxy) is 1. The molecule has 0 fully saturated rings. The lowest BCUT2D eigenvalue weighted by Gasteiger charge is -2.14. The molecular formula is C24H33BrFN2O3P. The lowest BCUT2D eigenvalue weighted by atomic mass is 10.2. The predicted octanol–water partition coefficient (Wildman–Crippen LogP) is 4.94. The molecule has 1 atom stereocenters. The van der Waals surface area contributed by atoms with Crippen LogP contribution in [-0.2, 0) is 11.3 Å². The number of aryl methyl sites for hydroxylation is 1. The van der Waals surface area contributed by atoms with Gasteiger partial charge in [0.1, 0.15) is 23.5 Å². The van der Waals surface area contributed by atoms with Crippen molar-refractivity contribution in [2.45, 2.75) is 41.2 Å². The molecule has 1 amide bonds. The van der Waals surface area contributed by atoms with Crippen molar-refractivity contribution in [1.29, 1.82) is 0 Å². The second-order valence-electron chi connectivity index (χ2n) is 7.26. The summed E-state index contributed by atoms with van der Waals surface area (Å²) in [7, 11) is 2.56. The zero-order valence-electron chi connectivity index (χ0n) is 19.4. The third-order valence-corrected chi connectivity index (χ3v) is 5.06. The maximum atomic E-state index is 12.7. The van der Waals surface area contributed by atoms with Gasteiger partial charge in [0.15, 0.2) is 0 Å². The SMILES string of the molecule is C#CC.C/C(P)=C(\C=C/CF)COc1cc(C)n(C/C=C/C(=O)NCC(C)C)c(=O)c1Br. The van der Waals surface area contributed by atoms with Crippen molar-refractivity contribution in [3.63, 3.8) is 0 Å². The summed E-state index contributed by atoms with van der Waals surface area (Å²) >= 11 is 3.31. The fourth-order valence-electron chi connectivity index (χ4n) is 2.31. The Balaban J connectivity index is 0.00000302. The highest BCUT2D eigenvalue weighted by molar-refractivity contribution is 9.10. The van der Waals surface area contributed by atoms with Crippen LogP contribution in [0.3, 0.4) is 0 Å². The van der Waals surface area contributed by atoms with Gasteiger partial charge in [-0.05, 0) is 53.5 Å². The van der Waals surface area contributed by atoms with Crippen molar-refractivity contribution in [2.24, 2.45) is 5.92 Å². The van der Waals surface area contributed by atoms with E-state index in [9.17, 15) is 14.0 Å². The van der Waals surface area contributed by atoms with Gasteiger partial charge in [0.25, 0.3) is 5.56 Å². The van der Waals surface area contributed by atoms with Crippen molar-refractivity contribution in [3.8, 4) is 18.1 Å². The van der Waals surface area contributed by atoms with Crippen LogP contribution in [0.25, 0.3) is 0 Å². The standard InChI is InChI=1S/C21H29BrFN2O3P.C3H4/c1-14(2)12-24-19(26)8-6-10-25-15(3)11-18(20(22)21(25)27)28-13-17(16(4)29)7-5-9-23;1-3-2/h5-8,11,14H,9-10,12-13,29H2,1-4H3,(H,24,26);1H,2H3/b7-5-,8-6+,17-16-;. The Bertz CT molecular complexity index is 940. The Labute approximate surface area is 201 Å². The van der Waals surface area contributed by atoms with E-state index in [1.54, 1.807) is 36.6 Å². The molecule has 0 bridgehead atoms. The zero-order valence-corrected chi connectivity index (χ0v) is 22.1. The van der Waals surface area contributed by atoms with Crippen LogP contribution in [0.5, 0.6) is 5.75 Å². The molecule has 1 aromatic heterocycles. The molecule has 5 nitrogen and oxygen atoms in total. The smallest absolute Gasteiger partial charge is 0.269 e. The summed E-state index contributed by atoms with van der Waals surface area (Å²) < 4.78 is 20.0. The monoisotopic (exact) mass is 526 g/mol. The lowest BCUT2D eigenvalue weighted by molar-refractivity contribution is -0.116. The molecule has 0 radical (unpaired) electrons. The summed E-state index contributed by atoms with van der Waals surface area (Å²) in [6.45, 7) is 9.91. The number of aromatic nitrogens is 1. The average Bonchev–Trinajstić information content (AvgIpc) is 2.72. The average molecular weight is 527 g/mol. The summed E-state index contributed by atoms with van der Waals surface area (Å²) in [4.78, 5) is 24.4. The summed E-state index contributed by atoms with van der Waals surface area (Å²) in [5.74, 6) is 2.86. The number of pyridine rings is 1. The molecule has 176 valence electrons. The highest BCUT2D eigenvalue weighted by Gasteiger charge is 2.12. The van der Waals surface area contributed by atoms with E-state index in [4.69, 9.17) is 4.74 Å². The number of hydrogen-bond acceptors (Lipinski definition) is 3. The van der Waals surface area contributed by atoms with Gasteiger partial charge in [0, 0.05) is 30.9 Å². The van der Waals surface area contributed by atoms with Gasteiger partial charge in [0.2, 0.25) is 5.91 Å². The summed E-state index contributed by atoms with van der Waals surface area (Å²) in [6.07, 6.45) is 10.8. The van der Waals surface area contributed by atoms with E-state index in [1.807, 2.05) is 20.8 Å². The Morgan fingerprint density at radius 2 is 2.03 bits per heavy atom. The van der Waals surface area contributed by atoms with E-state index in [0.717, 1.165) is 10.9 Å². The minimum atomic E-state index is -0.552. The van der Waals surface area contributed by atoms with Crippen molar-refractivity contribution >= 4 is 31.1 Å². The van der Waals surface area contributed by atoms with Crippen LogP contribution in [0.4, 0.5) is 4.39 Å². The number of halogens is 2. The number of rotatable bonds is 10. The molecule has 0 aliphatic carbocycles.